The Kier molecular flexibility index (Phi) is 5.83. The van der Waals surface area contributed by atoms with Crippen LogP contribution in [0.2, 0.25) is 0 Å². The van der Waals surface area contributed by atoms with Crippen LogP contribution in [0.5, 0.6) is 5.75 Å². The molecule has 1 amide bonds. The molecule has 0 N–H and O–H groups in total. The molecule has 0 aliphatic carbocycles. The molecule has 5 heteroatoms. The van der Waals surface area contributed by atoms with Gasteiger partial charge in [0.15, 0.2) is 0 Å². The number of aromatic nitrogens is 1. The first-order valence-corrected chi connectivity index (χ1v) is 9.56. The molecule has 0 unspecified atom stereocenters. The number of ether oxygens (including phenoxy) is 1. The Balaban J connectivity index is 1.88. The van der Waals surface area contributed by atoms with Gasteiger partial charge in [-0.25, -0.2) is 0 Å². The third kappa shape index (κ3) is 4.25. The van der Waals surface area contributed by atoms with Gasteiger partial charge in [0.2, 0.25) is 5.91 Å². The van der Waals surface area contributed by atoms with E-state index >= 15 is 0 Å². The third-order valence-corrected chi connectivity index (χ3v) is 4.56. The summed E-state index contributed by atoms with van der Waals surface area (Å²) in [7, 11) is 0. The molecule has 0 radical (unpaired) electrons. The van der Waals surface area contributed by atoms with Crippen LogP contribution in [0.1, 0.15) is 26.3 Å². The van der Waals surface area contributed by atoms with Gasteiger partial charge in [-0.3, -0.25) is 9.59 Å². The Labute approximate surface area is 165 Å². The molecule has 0 aliphatic heterocycles. The Morgan fingerprint density at radius 2 is 1.93 bits per heavy atom. The molecular formula is C23H26N2O3. The lowest BCUT2D eigenvalue weighted by atomic mass is 10.1. The third-order valence-electron chi connectivity index (χ3n) is 4.56. The van der Waals surface area contributed by atoms with E-state index in [1.54, 1.807) is 23.2 Å². The molecule has 1 aromatic heterocycles. The van der Waals surface area contributed by atoms with Crippen molar-refractivity contribution < 1.29 is 9.53 Å². The molecule has 5 nitrogen and oxygen atoms in total. The molecule has 0 bridgehead atoms. The molecule has 1 heterocycles. The summed E-state index contributed by atoms with van der Waals surface area (Å²) in [6.45, 7) is 8.39. The number of hydrogen-bond donors (Lipinski definition) is 0. The number of likely N-dealkylation sites (N-methyl/N-ethyl adjacent to an activating group) is 1. The van der Waals surface area contributed by atoms with Gasteiger partial charge >= 0.3 is 0 Å². The van der Waals surface area contributed by atoms with Gasteiger partial charge in [0.05, 0.1) is 6.10 Å². The number of benzene rings is 2. The van der Waals surface area contributed by atoms with Crippen molar-refractivity contribution >= 4 is 22.4 Å². The molecule has 3 rings (SSSR count). The first kappa shape index (κ1) is 19.7. The van der Waals surface area contributed by atoms with Crippen LogP contribution in [0.25, 0.3) is 10.8 Å². The van der Waals surface area contributed by atoms with Crippen molar-refractivity contribution in [2.75, 3.05) is 11.4 Å². The lowest BCUT2D eigenvalue weighted by molar-refractivity contribution is -0.119. The fraction of sp³-hybridized carbons (Fsp3) is 0.304. The van der Waals surface area contributed by atoms with Crippen LogP contribution in [0.4, 0.5) is 5.69 Å². The van der Waals surface area contributed by atoms with Crippen molar-refractivity contribution in [3.63, 3.8) is 0 Å². The molecule has 0 saturated carbocycles. The second kappa shape index (κ2) is 8.30. The number of rotatable bonds is 6. The second-order valence-electron chi connectivity index (χ2n) is 7.14. The molecule has 0 spiro atoms. The minimum Gasteiger partial charge on any atom is -0.491 e. The van der Waals surface area contributed by atoms with Gasteiger partial charge in [-0.05, 0) is 75.0 Å². The first-order chi connectivity index (χ1) is 13.4. The SMILES string of the molecule is CCN(C(=O)Cn1ccc2cc(OC(C)C)ccc2c1=O)c1cccc(C)c1. The summed E-state index contributed by atoms with van der Waals surface area (Å²) in [5, 5.41) is 1.38. The van der Waals surface area contributed by atoms with Gasteiger partial charge in [-0.2, -0.15) is 0 Å². The van der Waals surface area contributed by atoms with Gasteiger partial charge in [-0.15, -0.1) is 0 Å². The zero-order valence-electron chi connectivity index (χ0n) is 16.8. The lowest BCUT2D eigenvalue weighted by Crippen LogP contribution is -2.36. The van der Waals surface area contributed by atoms with Gasteiger partial charge in [0.25, 0.3) is 5.56 Å². The number of anilines is 1. The van der Waals surface area contributed by atoms with E-state index in [0.29, 0.717) is 11.9 Å². The van der Waals surface area contributed by atoms with Crippen molar-refractivity contribution in [2.24, 2.45) is 0 Å². The summed E-state index contributed by atoms with van der Waals surface area (Å²) in [6, 6.07) is 15.1. The Morgan fingerprint density at radius 1 is 1.14 bits per heavy atom. The number of carbonyl (C=O) groups excluding carboxylic acids is 1. The molecular weight excluding hydrogens is 352 g/mol. The summed E-state index contributed by atoms with van der Waals surface area (Å²) in [5.74, 6) is 0.613. The van der Waals surface area contributed by atoms with E-state index in [1.807, 2.05) is 64.1 Å². The quantitative estimate of drug-likeness (QED) is 0.647. The van der Waals surface area contributed by atoms with E-state index in [0.717, 1.165) is 22.4 Å². The molecule has 146 valence electrons. The van der Waals surface area contributed by atoms with Crippen LogP contribution in [-0.4, -0.2) is 23.1 Å². The maximum atomic E-state index is 12.9. The van der Waals surface area contributed by atoms with E-state index in [2.05, 4.69) is 0 Å². The van der Waals surface area contributed by atoms with Crippen LogP contribution in [0, 0.1) is 6.92 Å². The van der Waals surface area contributed by atoms with Crippen molar-refractivity contribution in [1.82, 2.24) is 4.57 Å². The molecule has 0 atom stereocenters. The van der Waals surface area contributed by atoms with E-state index < -0.39 is 0 Å². The number of aryl methyl sites for hydroxylation is 1. The van der Waals surface area contributed by atoms with Crippen molar-refractivity contribution in [3.8, 4) is 5.75 Å². The Morgan fingerprint density at radius 3 is 2.61 bits per heavy atom. The van der Waals surface area contributed by atoms with Crippen molar-refractivity contribution in [1.29, 1.82) is 0 Å². The van der Waals surface area contributed by atoms with Gasteiger partial charge < -0.3 is 14.2 Å². The number of amides is 1. The largest absolute Gasteiger partial charge is 0.491 e. The average molecular weight is 378 g/mol. The molecule has 28 heavy (non-hydrogen) atoms. The van der Waals surface area contributed by atoms with Crippen LogP contribution < -0.4 is 15.2 Å². The molecule has 0 fully saturated rings. The zero-order chi connectivity index (χ0) is 20.3. The fourth-order valence-electron chi connectivity index (χ4n) is 3.27. The smallest absolute Gasteiger partial charge is 0.258 e. The molecule has 0 saturated heterocycles. The van der Waals surface area contributed by atoms with Crippen LogP contribution >= 0.6 is 0 Å². The Bertz CT molecular complexity index is 1050. The Hall–Kier alpha value is -3.08. The maximum Gasteiger partial charge on any atom is 0.258 e. The van der Waals surface area contributed by atoms with Gasteiger partial charge in [-0.1, -0.05) is 12.1 Å². The van der Waals surface area contributed by atoms with Crippen molar-refractivity contribution in [2.45, 2.75) is 40.3 Å². The summed E-state index contributed by atoms with van der Waals surface area (Å²) in [5.41, 5.74) is 1.75. The fourth-order valence-corrected chi connectivity index (χ4v) is 3.27. The standard InChI is InChI=1S/C23H26N2O3/c1-5-25(19-8-6-7-17(4)13-19)22(26)15-24-12-11-18-14-20(28-16(2)3)9-10-21(18)23(24)27/h6-14,16H,5,15H2,1-4H3. The van der Waals surface area contributed by atoms with E-state index in [1.165, 1.54) is 4.57 Å². The molecule has 2 aromatic carbocycles. The highest BCUT2D eigenvalue weighted by atomic mass is 16.5. The second-order valence-corrected chi connectivity index (χ2v) is 7.14. The zero-order valence-corrected chi connectivity index (χ0v) is 16.8. The van der Waals surface area contributed by atoms with E-state index in [9.17, 15) is 9.59 Å². The highest BCUT2D eigenvalue weighted by Crippen LogP contribution is 2.20. The monoisotopic (exact) mass is 378 g/mol. The predicted octanol–water partition coefficient (Wildman–Crippen LogP) is 4.15. The number of nitrogens with zero attached hydrogens (tertiary/aromatic N) is 2. The summed E-state index contributed by atoms with van der Waals surface area (Å²) >= 11 is 0. The number of pyridine rings is 1. The van der Waals surface area contributed by atoms with Crippen LogP contribution in [-0.2, 0) is 11.3 Å². The predicted molar refractivity (Wildman–Crippen MR) is 113 cm³/mol. The normalized spacial score (nSPS) is 11.0. The average Bonchev–Trinajstić information content (AvgIpc) is 2.64. The summed E-state index contributed by atoms with van der Waals surface area (Å²) in [6.07, 6.45) is 1.74. The molecule has 3 aromatic rings. The maximum absolute atomic E-state index is 12.9. The number of fused-ring (bicyclic) bond motifs is 1. The molecule has 0 aliphatic rings. The van der Waals surface area contributed by atoms with Gasteiger partial charge in [0, 0.05) is 23.8 Å². The topological polar surface area (TPSA) is 51.5 Å². The van der Waals surface area contributed by atoms with Gasteiger partial charge in [0.1, 0.15) is 12.3 Å². The summed E-state index contributed by atoms with van der Waals surface area (Å²) < 4.78 is 7.16. The lowest BCUT2D eigenvalue weighted by Gasteiger charge is -2.22. The first-order valence-electron chi connectivity index (χ1n) is 9.56. The number of carbonyl (C=O) groups is 1. The van der Waals surface area contributed by atoms with Crippen LogP contribution in [0.3, 0.4) is 0 Å². The summed E-state index contributed by atoms with van der Waals surface area (Å²) in [4.78, 5) is 27.4. The van der Waals surface area contributed by atoms with Crippen molar-refractivity contribution in [3.05, 3.63) is 70.6 Å². The highest BCUT2D eigenvalue weighted by Gasteiger charge is 2.16. The van der Waals surface area contributed by atoms with E-state index in [4.69, 9.17) is 4.74 Å². The minimum absolute atomic E-state index is 0.000794. The highest BCUT2D eigenvalue weighted by molar-refractivity contribution is 5.93. The van der Waals surface area contributed by atoms with E-state index in [-0.39, 0.29) is 24.1 Å². The number of hydrogen-bond acceptors (Lipinski definition) is 3. The van der Waals surface area contributed by atoms with Crippen LogP contribution in [0.15, 0.2) is 59.5 Å². The minimum atomic E-state index is -0.178.